The first-order valence-corrected chi connectivity index (χ1v) is 6.10. The van der Waals surface area contributed by atoms with Gasteiger partial charge < -0.3 is 9.84 Å². The molecule has 19 heavy (non-hydrogen) atoms. The molecule has 104 valence electrons. The highest BCUT2D eigenvalue weighted by Gasteiger charge is 2.37. The lowest BCUT2D eigenvalue weighted by Crippen LogP contribution is -2.20. The lowest BCUT2D eigenvalue weighted by atomic mass is 9.85. The van der Waals surface area contributed by atoms with Crippen LogP contribution in [0.5, 0.6) is 5.75 Å². The molecule has 0 aromatic heterocycles. The second kappa shape index (κ2) is 4.47. The van der Waals surface area contributed by atoms with E-state index in [4.69, 9.17) is 9.84 Å². The summed E-state index contributed by atoms with van der Waals surface area (Å²) in [5.41, 5.74) is 0.305. The molecule has 0 aliphatic carbocycles. The number of hydrogen-bond donors (Lipinski definition) is 1. The predicted molar refractivity (Wildman–Crippen MR) is 65.7 cm³/mol. The van der Waals surface area contributed by atoms with Crippen LogP contribution in [0.2, 0.25) is 0 Å². The van der Waals surface area contributed by atoms with Crippen molar-refractivity contribution in [1.29, 1.82) is 0 Å². The fourth-order valence-corrected chi connectivity index (χ4v) is 2.16. The van der Waals surface area contributed by atoms with Crippen LogP contribution in [0.3, 0.4) is 0 Å². The summed E-state index contributed by atoms with van der Waals surface area (Å²) in [4.78, 5) is 10.4. The van der Waals surface area contributed by atoms with Crippen molar-refractivity contribution in [2.45, 2.75) is 38.0 Å². The van der Waals surface area contributed by atoms with E-state index in [2.05, 4.69) is 0 Å². The Bertz CT molecular complexity index is 509. The summed E-state index contributed by atoms with van der Waals surface area (Å²) < 4.78 is 33.3. The lowest BCUT2D eigenvalue weighted by Gasteiger charge is -2.19. The minimum Gasteiger partial charge on any atom is -0.492 e. The summed E-state index contributed by atoms with van der Waals surface area (Å²) in [6.45, 7) is 4.32. The first kappa shape index (κ1) is 13.8. The van der Waals surface area contributed by atoms with E-state index in [0.29, 0.717) is 12.4 Å². The average molecular weight is 270 g/mol. The normalized spacial score (nSPS) is 16.8. The van der Waals surface area contributed by atoms with Gasteiger partial charge in [0.1, 0.15) is 5.75 Å². The summed E-state index contributed by atoms with van der Waals surface area (Å²) in [5.74, 6) is -3.72. The van der Waals surface area contributed by atoms with Crippen molar-refractivity contribution < 1.29 is 23.4 Å². The van der Waals surface area contributed by atoms with Gasteiger partial charge in [-0.15, -0.1) is 0 Å². The number of alkyl halides is 2. The monoisotopic (exact) mass is 270 g/mol. The smallest absolute Gasteiger partial charge is 0.303 e. The average Bonchev–Trinajstić information content (AvgIpc) is 2.63. The molecule has 0 radical (unpaired) electrons. The molecule has 2 rings (SSSR count). The zero-order valence-corrected chi connectivity index (χ0v) is 10.9. The number of hydrogen-bond acceptors (Lipinski definition) is 2. The zero-order chi connectivity index (χ0) is 14.3. The Kier molecular flexibility index (Phi) is 3.24. The number of benzene rings is 1. The lowest BCUT2D eigenvalue weighted by molar-refractivity contribution is -0.139. The van der Waals surface area contributed by atoms with Crippen molar-refractivity contribution in [3.05, 3.63) is 29.3 Å². The van der Waals surface area contributed by atoms with E-state index >= 15 is 0 Å². The standard InChI is InChI=1S/C14H16F2O3/c1-13(2)8-19-11-4-3-9(7-10(11)13)14(15,16)6-5-12(17)18/h3-4,7H,5-6,8H2,1-2H3,(H,17,18). The van der Waals surface area contributed by atoms with E-state index in [0.717, 1.165) is 5.56 Å². The molecule has 0 atom stereocenters. The summed E-state index contributed by atoms with van der Waals surface area (Å²) in [5, 5.41) is 8.51. The van der Waals surface area contributed by atoms with Crippen LogP contribution >= 0.6 is 0 Å². The quantitative estimate of drug-likeness (QED) is 0.913. The molecule has 1 aliphatic heterocycles. The van der Waals surface area contributed by atoms with E-state index in [-0.39, 0.29) is 11.0 Å². The van der Waals surface area contributed by atoms with Gasteiger partial charge in [0.15, 0.2) is 0 Å². The first-order chi connectivity index (χ1) is 8.72. The van der Waals surface area contributed by atoms with Crippen molar-refractivity contribution >= 4 is 5.97 Å². The molecule has 3 nitrogen and oxygen atoms in total. The second-order valence-corrected chi connectivity index (χ2v) is 5.48. The number of rotatable bonds is 4. The maximum Gasteiger partial charge on any atom is 0.303 e. The summed E-state index contributed by atoms with van der Waals surface area (Å²) in [7, 11) is 0. The molecule has 0 saturated carbocycles. The molecular weight excluding hydrogens is 254 g/mol. The molecule has 0 unspecified atom stereocenters. The Balaban J connectivity index is 2.29. The third kappa shape index (κ3) is 2.69. The fraction of sp³-hybridized carbons (Fsp3) is 0.500. The first-order valence-electron chi connectivity index (χ1n) is 6.10. The highest BCUT2D eigenvalue weighted by molar-refractivity contribution is 5.66. The van der Waals surface area contributed by atoms with Crippen LogP contribution in [0, 0.1) is 0 Å². The fourth-order valence-electron chi connectivity index (χ4n) is 2.16. The van der Waals surface area contributed by atoms with E-state index in [1.165, 1.54) is 18.2 Å². The van der Waals surface area contributed by atoms with Gasteiger partial charge in [-0.1, -0.05) is 13.8 Å². The number of carboxylic acid groups (broad SMARTS) is 1. The minimum atomic E-state index is -3.13. The Morgan fingerprint density at radius 3 is 2.79 bits per heavy atom. The van der Waals surface area contributed by atoms with Gasteiger partial charge in [0, 0.05) is 23.0 Å². The maximum absolute atomic E-state index is 13.9. The highest BCUT2D eigenvalue weighted by Crippen LogP contribution is 2.42. The Labute approximate surface area is 110 Å². The Morgan fingerprint density at radius 2 is 2.16 bits per heavy atom. The molecule has 1 N–H and O–H groups in total. The highest BCUT2D eigenvalue weighted by atomic mass is 19.3. The molecule has 0 bridgehead atoms. The Hall–Kier alpha value is -1.65. The largest absolute Gasteiger partial charge is 0.492 e. The van der Waals surface area contributed by atoms with Crippen LogP contribution in [0.1, 0.15) is 37.8 Å². The van der Waals surface area contributed by atoms with Crippen molar-refractivity contribution in [2.75, 3.05) is 6.61 Å². The second-order valence-electron chi connectivity index (χ2n) is 5.48. The van der Waals surface area contributed by atoms with Crippen molar-refractivity contribution in [2.24, 2.45) is 0 Å². The van der Waals surface area contributed by atoms with Crippen LogP contribution in [0.15, 0.2) is 18.2 Å². The van der Waals surface area contributed by atoms with Gasteiger partial charge in [0.05, 0.1) is 13.0 Å². The van der Waals surface area contributed by atoms with Gasteiger partial charge in [-0.25, -0.2) is 8.78 Å². The topological polar surface area (TPSA) is 46.5 Å². The van der Waals surface area contributed by atoms with Crippen LogP contribution in [0.4, 0.5) is 8.78 Å². The molecule has 0 amide bonds. The SMILES string of the molecule is CC1(C)COc2ccc(C(F)(F)CCC(=O)O)cc21. The van der Waals surface area contributed by atoms with Gasteiger partial charge in [0.2, 0.25) is 0 Å². The van der Waals surface area contributed by atoms with Crippen molar-refractivity contribution in [3.63, 3.8) is 0 Å². The third-order valence-corrected chi connectivity index (χ3v) is 3.37. The number of carboxylic acids is 1. The number of fused-ring (bicyclic) bond motifs is 1. The number of ether oxygens (including phenoxy) is 1. The van der Waals surface area contributed by atoms with Crippen LogP contribution in [-0.4, -0.2) is 17.7 Å². The summed E-state index contributed by atoms with van der Waals surface area (Å²) >= 11 is 0. The number of aliphatic carboxylic acids is 1. The predicted octanol–water partition coefficient (Wildman–Crippen LogP) is 3.31. The van der Waals surface area contributed by atoms with E-state index in [9.17, 15) is 13.6 Å². The van der Waals surface area contributed by atoms with E-state index in [1.54, 1.807) is 0 Å². The third-order valence-electron chi connectivity index (χ3n) is 3.37. The summed E-state index contributed by atoms with van der Waals surface area (Å²) in [6, 6.07) is 4.28. The molecular formula is C14H16F2O3. The number of halogens is 2. The van der Waals surface area contributed by atoms with Gasteiger partial charge in [-0.05, 0) is 18.2 Å². The maximum atomic E-state index is 13.9. The molecule has 1 aliphatic rings. The molecule has 0 saturated heterocycles. The molecule has 5 heteroatoms. The van der Waals surface area contributed by atoms with Crippen molar-refractivity contribution in [1.82, 2.24) is 0 Å². The van der Waals surface area contributed by atoms with E-state index < -0.39 is 24.7 Å². The van der Waals surface area contributed by atoms with Gasteiger partial charge in [-0.3, -0.25) is 4.79 Å². The Morgan fingerprint density at radius 1 is 1.47 bits per heavy atom. The number of carbonyl (C=O) groups is 1. The molecule has 0 fully saturated rings. The van der Waals surface area contributed by atoms with Gasteiger partial charge in [-0.2, -0.15) is 0 Å². The molecule has 1 aromatic carbocycles. The zero-order valence-electron chi connectivity index (χ0n) is 10.9. The minimum absolute atomic E-state index is 0.147. The van der Waals surface area contributed by atoms with Crippen LogP contribution in [-0.2, 0) is 16.1 Å². The van der Waals surface area contributed by atoms with Gasteiger partial charge >= 0.3 is 5.97 Å². The van der Waals surface area contributed by atoms with Crippen molar-refractivity contribution in [3.8, 4) is 5.75 Å². The summed E-state index contributed by atoms with van der Waals surface area (Å²) in [6.07, 6.45) is -1.24. The molecule has 1 aromatic rings. The van der Waals surface area contributed by atoms with Crippen LogP contribution in [0.25, 0.3) is 0 Å². The van der Waals surface area contributed by atoms with Gasteiger partial charge in [0.25, 0.3) is 5.92 Å². The van der Waals surface area contributed by atoms with E-state index in [1.807, 2.05) is 13.8 Å². The van der Waals surface area contributed by atoms with Crippen LogP contribution < -0.4 is 4.74 Å². The molecule has 1 heterocycles. The molecule has 0 spiro atoms.